The molecule has 0 aliphatic carbocycles. The maximum Gasteiger partial charge on any atom is 0.261 e. The van der Waals surface area contributed by atoms with Crippen LogP contribution in [0.4, 0.5) is 0 Å². The predicted octanol–water partition coefficient (Wildman–Crippen LogP) is 2.84. The van der Waals surface area contributed by atoms with Crippen molar-refractivity contribution in [1.82, 2.24) is 18.8 Å². The summed E-state index contributed by atoms with van der Waals surface area (Å²) in [4.78, 5) is 20.1. The van der Waals surface area contributed by atoms with Gasteiger partial charge in [0, 0.05) is 38.2 Å². The number of hydrogen-bond acceptors (Lipinski definition) is 6. The van der Waals surface area contributed by atoms with Gasteiger partial charge in [0.15, 0.2) is 0 Å². The lowest BCUT2D eigenvalue weighted by Gasteiger charge is -2.43. The molecule has 33 heavy (non-hydrogen) atoms. The van der Waals surface area contributed by atoms with E-state index in [4.69, 9.17) is 21.3 Å². The van der Waals surface area contributed by atoms with Gasteiger partial charge in [-0.1, -0.05) is 11.6 Å². The molecular weight excluding hydrogens is 464 g/mol. The highest BCUT2D eigenvalue weighted by Crippen LogP contribution is 2.29. The lowest BCUT2D eigenvalue weighted by molar-refractivity contribution is 0.0686. The molecule has 0 N–H and O–H groups in total. The van der Waals surface area contributed by atoms with Gasteiger partial charge >= 0.3 is 0 Å². The third-order valence-corrected chi connectivity index (χ3v) is 8.46. The normalized spacial score (nSPS) is 16.3. The Balaban J connectivity index is 1.57. The van der Waals surface area contributed by atoms with E-state index < -0.39 is 15.6 Å². The van der Waals surface area contributed by atoms with E-state index in [1.54, 1.807) is 61.2 Å². The Labute approximate surface area is 198 Å². The van der Waals surface area contributed by atoms with Crippen LogP contribution >= 0.6 is 11.6 Å². The summed E-state index contributed by atoms with van der Waals surface area (Å²) in [6, 6.07) is 11.5. The minimum Gasteiger partial charge on any atom is -0.497 e. The highest BCUT2D eigenvalue weighted by atomic mass is 35.5. The molecule has 2 heterocycles. The Hall–Kier alpha value is -2.46. The molecule has 0 saturated carbocycles. The molecule has 1 saturated heterocycles. The van der Waals surface area contributed by atoms with Crippen molar-refractivity contribution in [3.05, 3.63) is 63.7 Å². The monoisotopic (exact) mass is 490 g/mol. The predicted molar refractivity (Wildman–Crippen MR) is 128 cm³/mol. The minimum absolute atomic E-state index is 0.161. The van der Waals surface area contributed by atoms with Gasteiger partial charge < -0.3 is 4.74 Å². The second-order valence-electron chi connectivity index (χ2n) is 8.59. The average Bonchev–Trinajstić information content (AvgIpc) is 2.81. The van der Waals surface area contributed by atoms with Crippen LogP contribution in [0.1, 0.15) is 19.7 Å². The first-order valence-electron chi connectivity index (χ1n) is 10.6. The van der Waals surface area contributed by atoms with Crippen LogP contribution in [0.5, 0.6) is 5.75 Å². The molecular formula is C23H27ClN4O4S. The number of benzene rings is 2. The van der Waals surface area contributed by atoms with Gasteiger partial charge in [-0.3, -0.25) is 14.3 Å². The van der Waals surface area contributed by atoms with Crippen LogP contribution in [0.25, 0.3) is 10.9 Å². The second-order valence-corrected chi connectivity index (χ2v) is 11.0. The van der Waals surface area contributed by atoms with Gasteiger partial charge in [-0.05, 0) is 56.3 Å². The third kappa shape index (κ3) is 4.26. The van der Waals surface area contributed by atoms with Gasteiger partial charge in [0.05, 0.1) is 28.4 Å². The number of hydrogen-bond donors (Lipinski definition) is 0. The molecule has 8 nitrogen and oxygen atoms in total. The van der Waals surface area contributed by atoms with Crippen molar-refractivity contribution in [2.45, 2.75) is 24.3 Å². The van der Waals surface area contributed by atoms with Gasteiger partial charge in [0.2, 0.25) is 10.0 Å². The second kappa shape index (κ2) is 8.72. The Bertz CT molecular complexity index is 1350. The van der Waals surface area contributed by atoms with Crippen molar-refractivity contribution < 1.29 is 13.2 Å². The first kappa shape index (κ1) is 23.7. The number of rotatable bonds is 5. The smallest absolute Gasteiger partial charge is 0.261 e. The molecule has 0 spiro atoms. The number of aromatic nitrogens is 2. The Morgan fingerprint density at radius 1 is 1.03 bits per heavy atom. The van der Waals surface area contributed by atoms with E-state index in [1.165, 1.54) is 4.31 Å². The SMILES string of the molecule is COc1ccc(S(=O)(=O)N2CCN(C(C)(C)c3nc4ccc(Cl)cc4c(=O)n3C)CC2)cc1. The van der Waals surface area contributed by atoms with E-state index >= 15 is 0 Å². The van der Waals surface area contributed by atoms with Crippen LogP contribution in [-0.4, -0.2) is 60.5 Å². The molecule has 4 rings (SSSR count). The zero-order valence-corrected chi connectivity index (χ0v) is 20.7. The van der Waals surface area contributed by atoms with E-state index in [0.29, 0.717) is 53.7 Å². The Morgan fingerprint density at radius 2 is 1.67 bits per heavy atom. The molecule has 1 fully saturated rings. The van der Waals surface area contributed by atoms with Gasteiger partial charge in [-0.15, -0.1) is 0 Å². The zero-order chi connectivity index (χ0) is 24.0. The number of sulfonamides is 1. The van der Waals surface area contributed by atoms with Crippen molar-refractivity contribution in [3.8, 4) is 5.75 Å². The Morgan fingerprint density at radius 3 is 2.27 bits per heavy atom. The summed E-state index contributed by atoms with van der Waals surface area (Å²) >= 11 is 6.06. The van der Waals surface area contributed by atoms with Crippen molar-refractivity contribution in [2.75, 3.05) is 33.3 Å². The van der Waals surface area contributed by atoms with Crippen molar-refractivity contribution in [3.63, 3.8) is 0 Å². The third-order valence-electron chi connectivity index (χ3n) is 6.31. The number of ether oxygens (including phenoxy) is 1. The highest BCUT2D eigenvalue weighted by molar-refractivity contribution is 7.89. The molecule has 0 atom stereocenters. The summed E-state index contributed by atoms with van der Waals surface area (Å²) in [6.07, 6.45) is 0. The molecule has 176 valence electrons. The quantitative estimate of drug-likeness (QED) is 0.546. The highest BCUT2D eigenvalue weighted by Gasteiger charge is 2.37. The largest absolute Gasteiger partial charge is 0.497 e. The summed E-state index contributed by atoms with van der Waals surface area (Å²) < 4.78 is 34.3. The fourth-order valence-electron chi connectivity index (χ4n) is 4.32. The molecule has 2 aromatic carbocycles. The molecule has 0 amide bonds. The van der Waals surface area contributed by atoms with Crippen LogP contribution in [-0.2, 0) is 22.6 Å². The number of fused-ring (bicyclic) bond motifs is 1. The maximum atomic E-state index is 13.1. The van der Waals surface area contributed by atoms with E-state index in [2.05, 4.69) is 4.90 Å². The molecule has 1 aliphatic heterocycles. The molecule has 1 aromatic heterocycles. The van der Waals surface area contributed by atoms with Crippen molar-refractivity contribution in [2.24, 2.45) is 7.05 Å². The lowest BCUT2D eigenvalue weighted by atomic mass is 9.99. The number of piperazine rings is 1. The van der Waals surface area contributed by atoms with Crippen LogP contribution in [0, 0.1) is 0 Å². The maximum absolute atomic E-state index is 13.1. The number of nitrogens with zero attached hydrogens (tertiary/aromatic N) is 4. The summed E-state index contributed by atoms with van der Waals surface area (Å²) in [5, 5.41) is 0.961. The van der Waals surface area contributed by atoms with Crippen molar-refractivity contribution >= 4 is 32.5 Å². The summed E-state index contributed by atoms with van der Waals surface area (Å²) in [6.45, 7) is 5.71. The average molecular weight is 491 g/mol. The topological polar surface area (TPSA) is 84.7 Å². The van der Waals surface area contributed by atoms with Crippen LogP contribution < -0.4 is 10.3 Å². The summed E-state index contributed by atoms with van der Waals surface area (Å²) in [7, 11) is -0.354. The van der Waals surface area contributed by atoms with Gasteiger partial charge in [0.1, 0.15) is 11.6 Å². The molecule has 0 bridgehead atoms. The molecule has 0 unspecified atom stereocenters. The number of methoxy groups -OCH3 is 1. The van der Waals surface area contributed by atoms with E-state index in [9.17, 15) is 13.2 Å². The standard InChI is InChI=1S/C23H27ClN4O4S/c1-23(2,22-25-20-10-5-16(24)15-19(20)21(29)26(22)3)27-11-13-28(14-12-27)33(30,31)18-8-6-17(32-4)7-9-18/h5-10,15H,11-14H2,1-4H3. The van der Waals surface area contributed by atoms with Crippen molar-refractivity contribution in [1.29, 1.82) is 0 Å². The lowest BCUT2D eigenvalue weighted by Crippen LogP contribution is -2.55. The summed E-state index contributed by atoms with van der Waals surface area (Å²) in [5.74, 6) is 1.23. The van der Waals surface area contributed by atoms with Gasteiger partial charge in [-0.2, -0.15) is 4.31 Å². The molecule has 0 radical (unpaired) electrons. The molecule has 1 aliphatic rings. The van der Waals surface area contributed by atoms with Crippen LogP contribution in [0.15, 0.2) is 52.2 Å². The van der Waals surface area contributed by atoms with Gasteiger partial charge in [-0.25, -0.2) is 13.4 Å². The zero-order valence-electron chi connectivity index (χ0n) is 19.1. The van der Waals surface area contributed by atoms with Crippen LogP contribution in [0.2, 0.25) is 5.02 Å². The Kier molecular flexibility index (Phi) is 6.26. The van der Waals surface area contributed by atoms with Gasteiger partial charge in [0.25, 0.3) is 5.56 Å². The fourth-order valence-corrected chi connectivity index (χ4v) is 5.91. The summed E-state index contributed by atoms with van der Waals surface area (Å²) in [5.41, 5.74) is -0.157. The van der Waals surface area contributed by atoms with E-state index in [1.807, 2.05) is 13.8 Å². The molecule has 10 heteroatoms. The first-order valence-corrected chi connectivity index (χ1v) is 12.4. The molecule has 3 aromatic rings. The fraction of sp³-hybridized carbons (Fsp3) is 0.391. The number of halogens is 1. The minimum atomic E-state index is -3.60. The van der Waals surface area contributed by atoms with E-state index in [-0.39, 0.29) is 10.5 Å². The van der Waals surface area contributed by atoms with E-state index in [0.717, 1.165) is 0 Å². The first-order chi connectivity index (χ1) is 15.6. The van der Waals surface area contributed by atoms with Crippen LogP contribution in [0.3, 0.4) is 0 Å².